The maximum absolute atomic E-state index is 12.0. The van der Waals surface area contributed by atoms with Crippen LogP contribution in [0.25, 0.3) is 0 Å². The monoisotopic (exact) mass is 324 g/mol. The van der Waals surface area contributed by atoms with Crippen LogP contribution in [-0.2, 0) is 11.3 Å². The lowest BCUT2D eigenvalue weighted by molar-refractivity contribution is -0.127. The zero-order chi connectivity index (χ0) is 15.2. The molecule has 0 aliphatic rings. The first kappa shape index (κ1) is 15.6. The molecule has 0 aliphatic carbocycles. The number of carbonyl (C=O) groups is 1. The lowest BCUT2D eigenvalue weighted by Crippen LogP contribution is -2.35. The van der Waals surface area contributed by atoms with Crippen LogP contribution in [0.4, 0.5) is 0 Å². The Morgan fingerprint density at radius 2 is 2.19 bits per heavy atom. The minimum Gasteiger partial charge on any atom is -0.479 e. The molecule has 1 aromatic carbocycles. The molecule has 0 spiro atoms. The molecular weight excluding hydrogens is 311 g/mol. The first-order valence-corrected chi connectivity index (χ1v) is 7.10. The zero-order valence-electron chi connectivity index (χ0n) is 11.3. The summed E-state index contributed by atoms with van der Waals surface area (Å²) in [6.45, 7) is 2.05. The van der Waals surface area contributed by atoms with E-state index in [9.17, 15) is 4.79 Å². The van der Waals surface area contributed by atoms with Crippen molar-refractivity contribution in [1.29, 1.82) is 0 Å². The Bertz CT molecular complexity index is 620. The fourth-order valence-corrected chi connectivity index (χ4v) is 2.10. The van der Waals surface area contributed by atoms with Crippen molar-refractivity contribution in [3.05, 3.63) is 58.3 Å². The van der Waals surface area contributed by atoms with Gasteiger partial charge < -0.3 is 10.1 Å². The van der Waals surface area contributed by atoms with Gasteiger partial charge in [0.25, 0.3) is 5.91 Å². The number of hydrogen-bond acceptors (Lipinski definition) is 3. The van der Waals surface area contributed by atoms with Crippen LogP contribution < -0.4 is 10.1 Å². The Balaban J connectivity index is 1.90. The zero-order valence-corrected chi connectivity index (χ0v) is 12.9. The predicted molar refractivity (Wildman–Crippen MR) is 82.6 cm³/mol. The van der Waals surface area contributed by atoms with Gasteiger partial charge in [0.15, 0.2) is 6.10 Å². The number of benzene rings is 1. The average Bonchev–Trinajstić information content (AvgIpc) is 2.48. The van der Waals surface area contributed by atoms with Crippen LogP contribution in [0.5, 0.6) is 5.75 Å². The molecule has 0 saturated carbocycles. The number of nitrogens with zero attached hydrogens (tertiary/aromatic N) is 1. The SMILES string of the molecule is CC(Oc1ccc(Cl)cc1Cl)C(=O)NCc1cccnc1. The number of ether oxygens (including phenoxy) is 1. The lowest BCUT2D eigenvalue weighted by atomic mass is 10.2. The summed E-state index contributed by atoms with van der Waals surface area (Å²) in [5, 5.41) is 3.66. The second-order valence-corrected chi connectivity index (χ2v) is 5.26. The molecule has 1 amide bonds. The number of carbonyl (C=O) groups excluding carboxylic acids is 1. The Morgan fingerprint density at radius 1 is 1.38 bits per heavy atom. The van der Waals surface area contributed by atoms with E-state index < -0.39 is 6.10 Å². The van der Waals surface area contributed by atoms with Crippen molar-refractivity contribution in [2.75, 3.05) is 0 Å². The number of aromatic nitrogens is 1. The Labute approximate surface area is 133 Å². The van der Waals surface area contributed by atoms with Crippen molar-refractivity contribution in [3.63, 3.8) is 0 Å². The van der Waals surface area contributed by atoms with Gasteiger partial charge in [0.05, 0.1) is 5.02 Å². The highest BCUT2D eigenvalue weighted by molar-refractivity contribution is 6.35. The van der Waals surface area contributed by atoms with Gasteiger partial charge in [0, 0.05) is 24.0 Å². The van der Waals surface area contributed by atoms with Gasteiger partial charge in [-0.2, -0.15) is 0 Å². The molecule has 2 aromatic rings. The van der Waals surface area contributed by atoms with Crippen molar-refractivity contribution >= 4 is 29.1 Å². The van der Waals surface area contributed by atoms with Crippen molar-refractivity contribution in [2.24, 2.45) is 0 Å². The fraction of sp³-hybridized carbons (Fsp3) is 0.200. The van der Waals surface area contributed by atoms with Crippen molar-refractivity contribution < 1.29 is 9.53 Å². The molecule has 0 aliphatic heterocycles. The summed E-state index contributed by atoms with van der Waals surface area (Å²) in [5.41, 5.74) is 0.919. The van der Waals surface area contributed by atoms with Crippen molar-refractivity contribution in [1.82, 2.24) is 10.3 Å². The minimum atomic E-state index is -0.666. The van der Waals surface area contributed by atoms with Gasteiger partial charge in [0.2, 0.25) is 0 Å². The third-order valence-corrected chi connectivity index (χ3v) is 3.29. The molecule has 1 unspecified atom stereocenters. The van der Waals surface area contributed by atoms with E-state index in [1.165, 1.54) is 0 Å². The summed E-state index contributed by atoms with van der Waals surface area (Å²) in [6, 6.07) is 8.56. The van der Waals surface area contributed by atoms with Gasteiger partial charge in [-0.25, -0.2) is 0 Å². The van der Waals surface area contributed by atoms with Crippen LogP contribution in [-0.4, -0.2) is 17.0 Å². The third kappa shape index (κ3) is 4.62. The standard InChI is InChI=1S/C15H14Cl2N2O2/c1-10(21-14-5-4-12(16)7-13(14)17)15(20)19-9-11-3-2-6-18-8-11/h2-8,10H,9H2,1H3,(H,19,20). The van der Waals surface area contributed by atoms with Crippen molar-refractivity contribution in [2.45, 2.75) is 19.6 Å². The first-order chi connectivity index (χ1) is 10.1. The number of amides is 1. The number of rotatable bonds is 5. The van der Waals surface area contributed by atoms with E-state index in [1.807, 2.05) is 12.1 Å². The molecule has 1 aromatic heterocycles. The van der Waals surface area contributed by atoms with E-state index >= 15 is 0 Å². The summed E-state index contributed by atoms with van der Waals surface area (Å²) in [7, 11) is 0. The highest BCUT2D eigenvalue weighted by Gasteiger charge is 2.15. The van der Waals surface area contributed by atoms with Crippen LogP contribution >= 0.6 is 23.2 Å². The number of nitrogens with one attached hydrogen (secondary N) is 1. The second-order valence-electron chi connectivity index (χ2n) is 4.41. The van der Waals surface area contributed by atoms with Crippen molar-refractivity contribution in [3.8, 4) is 5.75 Å². The van der Waals surface area contributed by atoms with Crippen LogP contribution in [0, 0.1) is 0 Å². The van der Waals surface area contributed by atoms with E-state index in [4.69, 9.17) is 27.9 Å². The molecule has 1 heterocycles. The van der Waals surface area contributed by atoms with E-state index in [1.54, 1.807) is 37.5 Å². The van der Waals surface area contributed by atoms with Crippen LogP contribution in [0.2, 0.25) is 10.0 Å². The van der Waals surface area contributed by atoms with Gasteiger partial charge in [-0.3, -0.25) is 9.78 Å². The van der Waals surface area contributed by atoms with Gasteiger partial charge in [0.1, 0.15) is 5.75 Å². The van der Waals surface area contributed by atoms with E-state index in [0.29, 0.717) is 22.3 Å². The predicted octanol–water partition coefficient (Wildman–Crippen LogP) is 3.47. The Morgan fingerprint density at radius 3 is 2.86 bits per heavy atom. The maximum Gasteiger partial charge on any atom is 0.261 e. The summed E-state index contributed by atoms with van der Waals surface area (Å²) >= 11 is 11.8. The maximum atomic E-state index is 12.0. The molecule has 6 heteroatoms. The highest BCUT2D eigenvalue weighted by Crippen LogP contribution is 2.28. The van der Waals surface area contributed by atoms with Crippen LogP contribution in [0.15, 0.2) is 42.7 Å². The largest absolute Gasteiger partial charge is 0.479 e. The third-order valence-electron chi connectivity index (χ3n) is 2.76. The minimum absolute atomic E-state index is 0.232. The summed E-state index contributed by atoms with van der Waals surface area (Å²) in [5.74, 6) is 0.190. The van der Waals surface area contributed by atoms with E-state index in [2.05, 4.69) is 10.3 Å². The fourth-order valence-electron chi connectivity index (χ4n) is 1.65. The second kappa shape index (κ2) is 7.29. The Kier molecular flexibility index (Phi) is 5.42. The van der Waals surface area contributed by atoms with E-state index in [0.717, 1.165) is 5.56 Å². The summed E-state index contributed by atoms with van der Waals surface area (Å²) < 4.78 is 5.53. The van der Waals surface area contributed by atoms with Crippen LogP contribution in [0.3, 0.4) is 0 Å². The van der Waals surface area contributed by atoms with Crippen LogP contribution in [0.1, 0.15) is 12.5 Å². The quantitative estimate of drug-likeness (QED) is 0.916. The van der Waals surface area contributed by atoms with Gasteiger partial charge >= 0.3 is 0 Å². The average molecular weight is 325 g/mol. The molecule has 4 nitrogen and oxygen atoms in total. The summed E-state index contributed by atoms with van der Waals surface area (Å²) in [4.78, 5) is 16.0. The highest BCUT2D eigenvalue weighted by atomic mass is 35.5. The molecule has 0 radical (unpaired) electrons. The summed E-state index contributed by atoms with van der Waals surface area (Å²) in [6.07, 6.45) is 2.71. The molecule has 0 fully saturated rings. The molecule has 1 atom stereocenters. The normalized spacial score (nSPS) is 11.8. The molecule has 1 N–H and O–H groups in total. The smallest absolute Gasteiger partial charge is 0.261 e. The number of pyridine rings is 1. The molecular formula is C15H14Cl2N2O2. The lowest BCUT2D eigenvalue weighted by Gasteiger charge is -2.15. The van der Waals surface area contributed by atoms with Gasteiger partial charge in [-0.1, -0.05) is 29.3 Å². The molecule has 21 heavy (non-hydrogen) atoms. The van der Waals surface area contributed by atoms with Gasteiger partial charge in [-0.15, -0.1) is 0 Å². The number of hydrogen-bond donors (Lipinski definition) is 1. The molecule has 0 bridgehead atoms. The molecule has 2 rings (SSSR count). The Hall–Kier alpha value is -1.78. The van der Waals surface area contributed by atoms with Gasteiger partial charge in [-0.05, 0) is 36.8 Å². The first-order valence-electron chi connectivity index (χ1n) is 6.34. The molecule has 0 saturated heterocycles. The number of halogens is 2. The van der Waals surface area contributed by atoms with E-state index in [-0.39, 0.29) is 5.91 Å². The molecule has 110 valence electrons. The topological polar surface area (TPSA) is 51.2 Å².